The van der Waals surface area contributed by atoms with Crippen molar-refractivity contribution in [3.8, 4) is 0 Å². The Kier molecular flexibility index (Phi) is 7.51. The first-order chi connectivity index (χ1) is 13.6. The van der Waals surface area contributed by atoms with E-state index in [2.05, 4.69) is 0 Å². The lowest BCUT2D eigenvalue weighted by Gasteiger charge is -2.45. The summed E-state index contributed by atoms with van der Waals surface area (Å²) in [6, 6.07) is 0. The Bertz CT molecular complexity index is 642. The molecule has 0 fully saturated rings. The monoisotopic (exact) mass is 527 g/mol. The fraction of sp³-hybridized carbons (Fsp3) is 1.00. The zero-order chi connectivity index (χ0) is 26.6. The first-order valence-corrected chi connectivity index (χ1v) is 7.30. The number of halogens is 19. The van der Waals surface area contributed by atoms with Crippen LogP contribution in [0.3, 0.4) is 0 Å². The summed E-state index contributed by atoms with van der Waals surface area (Å²) in [5.74, 6) is -49.4. The van der Waals surface area contributed by atoms with Gasteiger partial charge in [-0.1, -0.05) is 0 Å². The van der Waals surface area contributed by atoms with Crippen LogP contribution in [0.25, 0.3) is 0 Å². The zero-order valence-corrected chi connectivity index (χ0v) is 14.6. The molecule has 0 aliphatic carbocycles. The lowest BCUT2D eigenvalue weighted by molar-refractivity contribution is -0.472. The van der Waals surface area contributed by atoms with Crippen molar-refractivity contribution in [3.63, 3.8) is 0 Å². The van der Waals surface area contributed by atoms with Crippen LogP contribution >= 0.6 is 0 Å². The van der Waals surface area contributed by atoms with E-state index in [1.54, 1.807) is 5.32 Å². The molecule has 0 saturated carbocycles. The van der Waals surface area contributed by atoms with Crippen molar-refractivity contribution < 1.29 is 83.4 Å². The highest BCUT2D eigenvalue weighted by atomic mass is 19.4. The standard InChI is InChI=1S/C12H8F19N/c1-32-3-2-4(13,14)6(16,17)8(20,21)10(24,25)9(22,23)7(18,19)5(15,11(26,27)28)12(29,30)31/h32H,2-3H2,1H3. The Morgan fingerprint density at radius 1 is 0.438 bits per heavy atom. The third-order valence-electron chi connectivity index (χ3n) is 3.94. The van der Waals surface area contributed by atoms with Gasteiger partial charge in [0.2, 0.25) is 0 Å². The van der Waals surface area contributed by atoms with E-state index in [1.807, 2.05) is 0 Å². The quantitative estimate of drug-likeness (QED) is 0.351. The van der Waals surface area contributed by atoms with E-state index < -0.39 is 66.5 Å². The SMILES string of the molecule is CNCCC(F)(F)C(F)(F)C(F)(F)C(F)(F)C(F)(F)C(F)(F)C(F)(C(F)(F)F)C(F)(F)F. The van der Waals surface area contributed by atoms with Crippen molar-refractivity contribution >= 4 is 0 Å². The highest BCUT2D eigenvalue weighted by molar-refractivity contribution is 5.19. The molecule has 0 aliphatic rings. The highest BCUT2D eigenvalue weighted by Gasteiger charge is 2.98. The van der Waals surface area contributed by atoms with E-state index in [9.17, 15) is 83.4 Å². The normalized spacial score (nSPS) is 16.5. The summed E-state index contributed by atoms with van der Waals surface area (Å²) in [6.07, 6.45) is -19.1. The molecule has 0 spiro atoms. The maximum Gasteiger partial charge on any atom is 0.438 e. The molecule has 1 N–H and O–H groups in total. The number of nitrogens with one attached hydrogen (secondary N) is 1. The van der Waals surface area contributed by atoms with Crippen LogP contribution in [0.5, 0.6) is 0 Å². The first kappa shape index (κ1) is 30.6. The van der Waals surface area contributed by atoms with Gasteiger partial charge in [-0.2, -0.15) is 79.0 Å². The molecular formula is C12H8F19N. The molecule has 0 amide bonds. The van der Waals surface area contributed by atoms with Crippen molar-refractivity contribution in [1.82, 2.24) is 5.32 Å². The minimum Gasteiger partial charge on any atom is -0.320 e. The summed E-state index contributed by atoms with van der Waals surface area (Å²) in [4.78, 5) is 0. The van der Waals surface area contributed by atoms with Crippen LogP contribution in [0.2, 0.25) is 0 Å². The van der Waals surface area contributed by atoms with Gasteiger partial charge in [-0.15, -0.1) is 0 Å². The van der Waals surface area contributed by atoms with Gasteiger partial charge >= 0.3 is 53.6 Å². The van der Waals surface area contributed by atoms with Crippen molar-refractivity contribution in [2.75, 3.05) is 13.6 Å². The first-order valence-electron chi connectivity index (χ1n) is 7.30. The maximum absolute atomic E-state index is 13.4. The van der Waals surface area contributed by atoms with E-state index >= 15 is 0 Å². The van der Waals surface area contributed by atoms with Gasteiger partial charge in [-0.3, -0.25) is 0 Å². The van der Waals surface area contributed by atoms with Crippen LogP contribution in [-0.2, 0) is 0 Å². The molecule has 0 radical (unpaired) electrons. The summed E-state index contributed by atoms with van der Waals surface area (Å²) >= 11 is 0. The number of hydrogen-bond donors (Lipinski definition) is 1. The minimum atomic E-state index is -8.97. The molecule has 0 aromatic heterocycles. The summed E-state index contributed by atoms with van der Waals surface area (Å²) in [7, 11) is 0.685. The number of hydrogen-bond acceptors (Lipinski definition) is 1. The molecule has 0 aromatic rings. The van der Waals surface area contributed by atoms with Crippen molar-refractivity contribution in [3.05, 3.63) is 0 Å². The topological polar surface area (TPSA) is 12.0 Å². The molecule has 0 rings (SSSR count). The lowest BCUT2D eigenvalue weighted by atomic mass is 9.83. The van der Waals surface area contributed by atoms with Crippen LogP contribution in [0, 0.1) is 0 Å². The Balaban J connectivity index is 6.97. The molecule has 0 heterocycles. The Morgan fingerprint density at radius 2 is 0.719 bits per heavy atom. The lowest BCUT2D eigenvalue weighted by Crippen LogP contribution is -2.77. The predicted molar refractivity (Wildman–Crippen MR) is 64.2 cm³/mol. The van der Waals surface area contributed by atoms with Gasteiger partial charge in [0.1, 0.15) is 0 Å². The van der Waals surface area contributed by atoms with Gasteiger partial charge in [0, 0.05) is 13.0 Å². The van der Waals surface area contributed by atoms with Crippen LogP contribution < -0.4 is 5.32 Å². The maximum atomic E-state index is 13.4. The second-order valence-electron chi connectivity index (χ2n) is 6.08. The molecule has 0 bridgehead atoms. The van der Waals surface area contributed by atoms with Crippen LogP contribution in [0.1, 0.15) is 6.42 Å². The molecule has 194 valence electrons. The van der Waals surface area contributed by atoms with E-state index in [4.69, 9.17) is 0 Å². The molecule has 1 nitrogen and oxygen atoms in total. The van der Waals surface area contributed by atoms with E-state index in [-0.39, 0.29) is 0 Å². The summed E-state index contributed by atoms with van der Waals surface area (Å²) < 4.78 is 247. The van der Waals surface area contributed by atoms with Crippen LogP contribution in [0.4, 0.5) is 83.4 Å². The Morgan fingerprint density at radius 3 is 1.00 bits per heavy atom. The van der Waals surface area contributed by atoms with E-state index in [0.29, 0.717) is 7.05 Å². The van der Waals surface area contributed by atoms with Crippen LogP contribution in [0.15, 0.2) is 0 Å². The fourth-order valence-electron chi connectivity index (χ4n) is 1.99. The van der Waals surface area contributed by atoms with E-state index in [1.165, 1.54) is 0 Å². The number of rotatable bonds is 9. The highest BCUT2D eigenvalue weighted by Crippen LogP contribution is 2.66. The summed E-state index contributed by atoms with van der Waals surface area (Å²) in [6.45, 7) is -1.44. The molecular weight excluding hydrogens is 519 g/mol. The zero-order valence-electron chi connectivity index (χ0n) is 14.6. The van der Waals surface area contributed by atoms with Crippen LogP contribution in [-0.4, -0.2) is 67.1 Å². The summed E-state index contributed by atoms with van der Waals surface area (Å²) in [5.41, 5.74) is -8.71. The average molecular weight is 527 g/mol. The van der Waals surface area contributed by atoms with Crippen molar-refractivity contribution in [1.29, 1.82) is 0 Å². The third-order valence-corrected chi connectivity index (χ3v) is 3.94. The Labute approximate surface area is 163 Å². The molecule has 0 aromatic carbocycles. The van der Waals surface area contributed by atoms with Gasteiger partial charge in [0.25, 0.3) is 0 Å². The molecule has 0 saturated heterocycles. The fourth-order valence-corrected chi connectivity index (χ4v) is 1.99. The minimum absolute atomic E-state index is 0.685. The van der Waals surface area contributed by atoms with Gasteiger partial charge in [-0.05, 0) is 7.05 Å². The second kappa shape index (κ2) is 7.85. The van der Waals surface area contributed by atoms with Crippen molar-refractivity contribution in [2.24, 2.45) is 0 Å². The largest absolute Gasteiger partial charge is 0.438 e. The molecule has 0 atom stereocenters. The third kappa shape index (κ3) is 3.82. The number of alkyl halides is 19. The molecule has 32 heavy (non-hydrogen) atoms. The van der Waals surface area contributed by atoms with Gasteiger partial charge < -0.3 is 5.32 Å². The molecule has 0 unspecified atom stereocenters. The smallest absolute Gasteiger partial charge is 0.320 e. The molecule has 20 heteroatoms. The van der Waals surface area contributed by atoms with Crippen molar-refractivity contribution in [2.45, 2.75) is 60.0 Å². The second-order valence-corrected chi connectivity index (χ2v) is 6.08. The summed E-state index contributed by atoms with van der Waals surface area (Å²) in [5, 5.41) is 1.58. The van der Waals surface area contributed by atoms with E-state index in [0.717, 1.165) is 0 Å². The van der Waals surface area contributed by atoms with Gasteiger partial charge in [-0.25, -0.2) is 4.39 Å². The molecule has 0 aliphatic heterocycles. The van der Waals surface area contributed by atoms with Gasteiger partial charge in [0.05, 0.1) is 0 Å². The van der Waals surface area contributed by atoms with Gasteiger partial charge in [0.15, 0.2) is 0 Å². The predicted octanol–water partition coefficient (Wildman–Crippen LogP) is 6.24. The average Bonchev–Trinajstić information content (AvgIpc) is 2.56. The Hall–Kier alpha value is -1.37.